The first-order valence-electron chi connectivity index (χ1n) is 9.07. The smallest absolute Gasteiger partial charge is 0.251 e. The number of amides is 1. The summed E-state index contributed by atoms with van der Waals surface area (Å²) in [5.74, 6) is -0.0909. The summed E-state index contributed by atoms with van der Waals surface area (Å²) in [4.78, 5) is 20.9. The third kappa shape index (κ3) is 5.07. The number of benzene rings is 2. The number of nitrogens with one attached hydrogen (secondary N) is 1. The molecule has 0 spiro atoms. The van der Waals surface area contributed by atoms with Crippen LogP contribution in [0.5, 0.6) is 0 Å². The Bertz CT molecular complexity index is 1080. The highest BCUT2D eigenvalue weighted by Crippen LogP contribution is 2.23. The summed E-state index contributed by atoms with van der Waals surface area (Å²) in [5.41, 5.74) is 3.65. The fourth-order valence-electron chi connectivity index (χ4n) is 2.83. The number of carbonyl (C=O) groups is 1. The van der Waals surface area contributed by atoms with Crippen molar-refractivity contribution in [3.63, 3.8) is 0 Å². The Morgan fingerprint density at radius 1 is 1.10 bits per heavy atom. The summed E-state index contributed by atoms with van der Waals surface area (Å²) in [6.45, 7) is 1.16. The van der Waals surface area contributed by atoms with Gasteiger partial charge in [0, 0.05) is 34.5 Å². The van der Waals surface area contributed by atoms with Crippen LogP contribution in [-0.2, 0) is 13.0 Å². The van der Waals surface area contributed by atoms with Gasteiger partial charge in [-0.3, -0.25) is 4.79 Å². The van der Waals surface area contributed by atoms with Crippen molar-refractivity contribution < 1.29 is 4.79 Å². The normalized spacial score (nSPS) is 10.8. The Hall–Kier alpha value is -3.03. The first-order chi connectivity index (χ1) is 14.2. The van der Waals surface area contributed by atoms with E-state index in [1.165, 1.54) is 6.33 Å². The molecule has 146 valence electrons. The molecular weight excluding hydrogens is 406 g/mol. The van der Waals surface area contributed by atoms with Crippen LogP contribution in [0.4, 0.5) is 0 Å². The molecule has 0 fully saturated rings. The molecule has 1 amide bonds. The fourth-order valence-corrected chi connectivity index (χ4v) is 3.76. The summed E-state index contributed by atoms with van der Waals surface area (Å²) in [6, 6.07) is 15.1. The zero-order valence-corrected chi connectivity index (χ0v) is 17.0. The zero-order chi connectivity index (χ0) is 20.1. The van der Waals surface area contributed by atoms with Crippen molar-refractivity contribution in [3.8, 4) is 11.3 Å². The molecule has 8 heteroatoms. The zero-order valence-electron chi connectivity index (χ0n) is 15.5. The van der Waals surface area contributed by atoms with Gasteiger partial charge >= 0.3 is 0 Å². The second-order valence-corrected chi connectivity index (χ2v) is 7.81. The maximum absolute atomic E-state index is 12.4. The number of nitrogens with zero attached hydrogens (tertiary/aromatic N) is 4. The van der Waals surface area contributed by atoms with Gasteiger partial charge in [0.15, 0.2) is 0 Å². The number of hydrogen-bond donors (Lipinski definition) is 1. The van der Waals surface area contributed by atoms with E-state index in [-0.39, 0.29) is 5.91 Å². The second-order valence-electron chi connectivity index (χ2n) is 6.43. The van der Waals surface area contributed by atoms with Crippen molar-refractivity contribution >= 4 is 28.8 Å². The van der Waals surface area contributed by atoms with Gasteiger partial charge in [-0.15, -0.1) is 11.3 Å². The van der Waals surface area contributed by atoms with E-state index in [2.05, 4.69) is 20.4 Å². The van der Waals surface area contributed by atoms with Crippen LogP contribution in [0.1, 0.15) is 20.9 Å². The van der Waals surface area contributed by atoms with Gasteiger partial charge in [-0.2, -0.15) is 5.10 Å². The number of halogens is 1. The molecule has 4 aromatic rings. The minimum Gasteiger partial charge on any atom is -0.352 e. The third-order valence-electron chi connectivity index (χ3n) is 4.34. The van der Waals surface area contributed by atoms with Crippen molar-refractivity contribution in [1.29, 1.82) is 0 Å². The van der Waals surface area contributed by atoms with E-state index < -0.39 is 0 Å². The largest absolute Gasteiger partial charge is 0.352 e. The molecule has 6 nitrogen and oxygen atoms in total. The highest BCUT2D eigenvalue weighted by atomic mass is 35.5. The molecule has 4 rings (SSSR count). The lowest BCUT2D eigenvalue weighted by Crippen LogP contribution is -2.25. The molecule has 0 saturated carbocycles. The Balaban J connectivity index is 1.28. The number of hydrogen-bond acceptors (Lipinski definition) is 5. The number of rotatable bonds is 7. The van der Waals surface area contributed by atoms with Gasteiger partial charge < -0.3 is 5.32 Å². The molecule has 0 aliphatic carbocycles. The maximum Gasteiger partial charge on any atom is 0.251 e. The molecule has 0 bridgehead atoms. The maximum atomic E-state index is 12.4. The Morgan fingerprint density at radius 3 is 2.62 bits per heavy atom. The topological polar surface area (TPSA) is 72.7 Å². The predicted molar refractivity (Wildman–Crippen MR) is 114 cm³/mol. The molecule has 29 heavy (non-hydrogen) atoms. The van der Waals surface area contributed by atoms with E-state index in [9.17, 15) is 4.79 Å². The quantitative estimate of drug-likeness (QED) is 0.486. The molecule has 0 saturated heterocycles. The van der Waals surface area contributed by atoms with Gasteiger partial charge in [0.2, 0.25) is 0 Å². The Labute approximate surface area is 177 Å². The number of aromatic nitrogens is 4. The van der Waals surface area contributed by atoms with Gasteiger partial charge in [0.1, 0.15) is 12.7 Å². The van der Waals surface area contributed by atoms with Crippen molar-refractivity contribution in [3.05, 3.63) is 87.7 Å². The average molecular weight is 424 g/mol. The predicted octanol–water partition coefficient (Wildman–Crippen LogP) is 4.08. The van der Waals surface area contributed by atoms with Crippen LogP contribution < -0.4 is 5.32 Å². The SMILES string of the molecule is O=C(NCCc1nc(-c2ccc(Cl)cc2)cs1)c1ccc(Cn2cncn2)cc1. The summed E-state index contributed by atoms with van der Waals surface area (Å²) >= 11 is 7.52. The van der Waals surface area contributed by atoms with E-state index in [4.69, 9.17) is 11.6 Å². The molecule has 0 radical (unpaired) electrons. The van der Waals surface area contributed by atoms with Crippen LogP contribution in [0, 0.1) is 0 Å². The molecule has 0 aliphatic heterocycles. The van der Waals surface area contributed by atoms with Crippen molar-refractivity contribution in [2.45, 2.75) is 13.0 Å². The molecule has 0 aliphatic rings. The highest BCUT2D eigenvalue weighted by molar-refractivity contribution is 7.09. The molecule has 0 unspecified atom stereocenters. The van der Waals surface area contributed by atoms with Gasteiger partial charge in [-0.05, 0) is 29.8 Å². The van der Waals surface area contributed by atoms with Crippen LogP contribution in [0.15, 0.2) is 66.6 Å². The van der Waals surface area contributed by atoms with Crippen molar-refractivity contribution in [1.82, 2.24) is 25.1 Å². The van der Waals surface area contributed by atoms with Crippen LogP contribution in [0.2, 0.25) is 5.02 Å². The van der Waals surface area contributed by atoms with Crippen molar-refractivity contribution in [2.24, 2.45) is 0 Å². The molecule has 1 N–H and O–H groups in total. The monoisotopic (exact) mass is 423 g/mol. The van der Waals surface area contributed by atoms with E-state index in [0.717, 1.165) is 21.8 Å². The molecular formula is C21H18ClN5OS. The van der Waals surface area contributed by atoms with Crippen LogP contribution >= 0.6 is 22.9 Å². The summed E-state index contributed by atoms with van der Waals surface area (Å²) < 4.78 is 1.74. The third-order valence-corrected chi connectivity index (χ3v) is 5.50. The Morgan fingerprint density at radius 2 is 1.90 bits per heavy atom. The van der Waals surface area contributed by atoms with Gasteiger partial charge in [0.05, 0.1) is 17.2 Å². The van der Waals surface area contributed by atoms with Gasteiger partial charge in [-0.25, -0.2) is 14.6 Å². The second kappa shape index (κ2) is 8.98. The minimum absolute atomic E-state index is 0.0909. The molecule has 2 heterocycles. The standard InChI is InChI=1S/C21H18ClN5OS/c22-18-7-5-16(6-8-18)19-12-29-20(26-19)9-10-24-21(28)17-3-1-15(2-4-17)11-27-14-23-13-25-27/h1-8,12-14H,9-11H2,(H,24,28). The van der Waals surface area contributed by atoms with Crippen LogP contribution in [0.25, 0.3) is 11.3 Å². The first-order valence-corrected chi connectivity index (χ1v) is 10.3. The lowest BCUT2D eigenvalue weighted by Gasteiger charge is -2.06. The van der Waals surface area contributed by atoms with E-state index in [0.29, 0.717) is 30.1 Å². The van der Waals surface area contributed by atoms with E-state index in [1.807, 2.05) is 53.9 Å². The summed E-state index contributed by atoms with van der Waals surface area (Å²) in [5, 5.41) is 10.7. The van der Waals surface area contributed by atoms with E-state index in [1.54, 1.807) is 22.3 Å². The minimum atomic E-state index is -0.0909. The lowest BCUT2D eigenvalue weighted by atomic mass is 10.1. The Kier molecular flexibility index (Phi) is 5.97. The van der Waals surface area contributed by atoms with Crippen LogP contribution in [0.3, 0.4) is 0 Å². The highest BCUT2D eigenvalue weighted by Gasteiger charge is 2.08. The fraction of sp³-hybridized carbons (Fsp3) is 0.143. The van der Waals surface area contributed by atoms with Gasteiger partial charge in [0.25, 0.3) is 5.91 Å². The van der Waals surface area contributed by atoms with Gasteiger partial charge in [-0.1, -0.05) is 35.9 Å². The van der Waals surface area contributed by atoms with Crippen LogP contribution in [-0.4, -0.2) is 32.2 Å². The van der Waals surface area contributed by atoms with Crippen molar-refractivity contribution in [2.75, 3.05) is 6.54 Å². The summed E-state index contributed by atoms with van der Waals surface area (Å²) in [7, 11) is 0. The molecule has 0 atom stereocenters. The molecule has 2 aromatic carbocycles. The molecule has 2 aromatic heterocycles. The van der Waals surface area contributed by atoms with E-state index >= 15 is 0 Å². The average Bonchev–Trinajstić information content (AvgIpc) is 3.41. The number of carbonyl (C=O) groups excluding carboxylic acids is 1. The summed E-state index contributed by atoms with van der Waals surface area (Å²) in [6.07, 6.45) is 3.86. The lowest BCUT2D eigenvalue weighted by molar-refractivity contribution is 0.0954. The first kappa shape index (κ1) is 19.3. The number of thiazole rings is 1.